The summed E-state index contributed by atoms with van der Waals surface area (Å²) in [6.07, 6.45) is -4.53. The maximum absolute atomic E-state index is 13.0. The lowest BCUT2D eigenvalue weighted by molar-refractivity contribution is -0.123. The summed E-state index contributed by atoms with van der Waals surface area (Å²) in [5, 5.41) is 1.74. The van der Waals surface area contributed by atoms with E-state index in [9.17, 15) is 26.4 Å². The highest BCUT2D eigenvalue weighted by Gasteiger charge is 2.28. The molecule has 1 aliphatic rings. The molecule has 0 aliphatic carbocycles. The molecule has 1 aliphatic heterocycles. The predicted molar refractivity (Wildman–Crippen MR) is 101 cm³/mol. The van der Waals surface area contributed by atoms with E-state index in [1.54, 1.807) is 30.4 Å². The van der Waals surface area contributed by atoms with E-state index in [2.05, 4.69) is 0 Å². The van der Waals surface area contributed by atoms with Crippen molar-refractivity contribution in [2.45, 2.75) is 24.5 Å². The van der Waals surface area contributed by atoms with Gasteiger partial charge < -0.3 is 14.8 Å². The van der Waals surface area contributed by atoms with Crippen LogP contribution in [-0.2, 0) is 16.6 Å². The Balaban J connectivity index is 1.73. The molecular formula is C19H19F3N2O5S. The Kier molecular flexibility index (Phi) is 6.22. The van der Waals surface area contributed by atoms with E-state index in [1.807, 2.05) is 0 Å². The van der Waals surface area contributed by atoms with Crippen molar-refractivity contribution in [3.63, 3.8) is 0 Å². The molecule has 162 valence electrons. The number of ether oxygens (including phenoxy) is 2. The molecular weight excluding hydrogens is 425 g/mol. The van der Waals surface area contributed by atoms with Gasteiger partial charge in [-0.3, -0.25) is 4.79 Å². The second-order valence-electron chi connectivity index (χ2n) is 6.44. The average Bonchev–Trinajstić information content (AvgIpc) is 3.17. The zero-order chi connectivity index (χ0) is 21.9. The summed E-state index contributed by atoms with van der Waals surface area (Å²) in [6, 6.07) is 9.88. The van der Waals surface area contributed by atoms with Gasteiger partial charge in [-0.1, -0.05) is 13.0 Å². The summed E-state index contributed by atoms with van der Waals surface area (Å²) in [5.74, 6) is 0.184. The maximum atomic E-state index is 13.0. The molecule has 0 saturated carbocycles. The third-order valence-corrected chi connectivity index (χ3v) is 6.29. The highest BCUT2D eigenvalue weighted by molar-refractivity contribution is 7.89. The summed E-state index contributed by atoms with van der Waals surface area (Å²) in [6.45, 7) is 0.597. The summed E-state index contributed by atoms with van der Waals surface area (Å²) >= 11 is 0. The Morgan fingerprint density at radius 2 is 1.77 bits per heavy atom. The molecule has 0 atom stereocenters. The zero-order valence-electron chi connectivity index (χ0n) is 15.9. The van der Waals surface area contributed by atoms with E-state index in [0.717, 1.165) is 0 Å². The number of alkyl halides is 3. The van der Waals surface area contributed by atoms with Gasteiger partial charge in [0.1, 0.15) is 6.54 Å². The largest absolute Gasteiger partial charge is 0.454 e. The molecule has 0 unspecified atom stereocenters. The van der Waals surface area contributed by atoms with E-state index in [0.29, 0.717) is 17.1 Å². The third kappa shape index (κ3) is 5.03. The lowest BCUT2D eigenvalue weighted by Gasteiger charge is -2.21. The van der Waals surface area contributed by atoms with Crippen molar-refractivity contribution in [3.05, 3.63) is 53.6 Å². The number of rotatable bonds is 7. The first-order valence-corrected chi connectivity index (χ1v) is 10.4. The molecule has 0 spiro atoms. The summed E-state index contributed by atoms with van der Waals surface area (Å²) in [4.78, 5) is 11.7. The molecule has 0 aromatic heterocycles. The highest BCUT2D eigenvalue weighted by Crippen LogP contribution is 2.33. The highest BCUT2D eigenvalue weighted by atomic mass is 32.2. The first-order chi connectivity index (χ1) is 14.1. The summed E-state index contributed by atoms with van der Waals surface area (Å²) < 4.78 is 74.4. The Labute approximate surface area is 171 Å². The van der Waals surface area contributed by atoms with E-state index in [-0.39, 0.29) is 30.3 Å². The number of nitrogens with one attached hydrogen (secondary N) is 1. The van der Waals surface area contributed by atoms with Gasteiger partial charge >= 0.3 is 6.18 Å². The van der Waals surface area contributed by atoms with Crippen LogP contribution in [-0.4, -0.2) is 44.7 Å². The standard InChI is InChI=1S/C19H19F3N2O5S/c1-2-24(10-13-3-8-16-17(9-13)29-12-28-16)30(26,27)15-6-4-14(5-7-15)18(25)23-11-19(20,21)22/h3-9H,2,10-12H2,1H3,(H,23,25). The smallest absolute Gasteiger partial charge is 0.405 e. The normalized spacial score (nSPS) is 13.5. The van der Waals surface area contributed by atoms with Gasteiger partial charge in [-0.25, -0.2) is 8.42 Å². The fraction of sp³-hybridized carbons (Fsp3) is 0.316. The van der Waals surface area contributed by atoms with Crippen LogP contribution >= 0.6 is 0 Å². The van der Waals surface area contributed by atoms with Crippen LogP contribution in [0, 0.1) is 0 Å². The number of fused-ring (bicyclic) bond motifs is 1. The Morgan fingerprint density at radius 1 is 1.10 bits per heavy atom. The van der Waals surface area contributed by atoms with Crippen LogP contribution in [0.4, 0.5) is 13.2 Å². The van der Waals surface area contributed by atoms with Crippen molar-refractivity contribution in [2.75, 3.05) is 19.9 Å². The number of carbonyl (C=O) groups excluding carboxylic acids is 1. The van der Waals surface area contributed by atoms with Crippen LogP contribution in [0.3, 0.4) is 0 Å². The van der Waals surface area contributed by atoms with Gasteiger partial charge in [0, 0.05) is 18.7 Å². The van der Waals surface area contributed by atoms with Crippen molar-refractivity contribution >= 4 is 15.9 Å². The molecule has 0 saturated heterocycles. The minimum absolute atomic E-state index is 0.0718. The van der Waals surface area contributed by atoms with Crippen LogP contribution in [0.15, 0.2) is 47.4 Å². The number of carbonyl (C=O) groups is 1. The van der Waals surface area contributed by atoms with Crippen LogP contribution in [0.5, 0.6) is 11.5 Å². The minimum Gasteiger partial charge on any atom is -0.454 e. The lowest BCUT2D eigenvalue weighted by Crippen LogP contribution is -2.33. The van der Waals surface area contributed by atoms with Gasteiger partial charge in [-0.05, 0) is 42.0 Å². The first-order valence-electron chi connectivity index (χ1n) is 8.94. The molecule has 1 amide bonds. The van der Waals surface area contributed by atoms with E-state index in [1.165, 1.54) is 28.6 Å². The van der Waals surface area contributed by atoms with E-state index in [4.69, 9.17) is 9.47 Å². The van der Waals surface area contributed by atoms with Gasteiger partial charge in [0.2, 0.25) is 16.8 Å². The van der Waals surface area contributed by atoms with Crippen molar-refractivity contribution in [1.29, 1.82) is 0 Å². The second kappa shape index (κ2) is 8.52. The number of hydrogen-bond donors (Lipinski definition) is 1. The van der Waals surface area contributed by atoms with Gasteiger partial charge in [0.15, 0.2) is 11.5 Å². The van der Waals surface area contributed by atoms with Gasteiger partial charge in [-0.15, -0.1) is 0 Å². The molecule has 1 N–H and O–H groups in total. The molecule has 0 radical (unpaired) electrons. The summed E-state index contributed by atoms with van der Waals surface area (Å²) in [5.41, 5.74) is 0.629. The Bertz CT molecular complexity index is 1020. The first kappa shape index (κ1) is 21.9. The van der Waals surface area contributed by atoms with Crippen LogP contribution < -0.4 is 14.8 Å². The quantitative estimate of drug-likeness (QED) is 0.710. The van der Waals surface area contributed by atoms with Crippen LogP contribution in [0.2, 0.25) is 0 Å². The second-order valence-corrected chi connectivity index (χ2v) is 8.38. The molecule has 7 nitrogen and oxygen atoms in total. The van der Waals surface area contributed by atoms with Gasteiger partial charge in [-0.2, -0.15) is 17.5 Å². The molecule has 2 aromatic rings. The molecule has 0 bridgehead atoms. The van der Waals surface area contributed by atoms with Crippen molar-refractivity contribution in [1.82, 2.24) is 9.62 Å². The minimum atomic E-state index is -4.53. The molecule has 30 heavy (non-hydrogen) atoms. The van der Waals surface area contributed by atoms with Gasteiger partial charge in [0.25, 0.3) is 5.91 Å². The molecule has 2 aromatic carbocycles. The average molecular weight is 444 g/mol. The fourth-order valence-electron chi connectivity index (χ4n) is 2.82. The zero-order valence-corrected chi connectivity index (χ0v) is 16.7. The number of hydrogen-bond acceptors (Lipinski definition) is 5. The Morgan fingerprint density at radius 3 is 2.40 bits per heavy atom. The monoisotopic (exact) mass is 444 g/mol. The number of benzene rings is 2. The van der Waals surface area contributed by atoms with Crippen LogP contribution in [0.1, 0.15) is 22.8 Å². The SMILES string of the molecule is CCN(Cc1ccc2c(c1)OCO2)S(=O)(=O)c1ccc(C(=O)NCC(F)(F)F)cc1. The number of halogens is 3. The molecule has 11 heteroatoms. The van der Waals surface area contributed by atoms with Crippen molar-refractivity contribution in [3.8, 4) is 11.5 Å². The fourth-order valence-corrected chi connectivity index (χ4v) is 4.26. The molecule has 3 rings (SSSR count). The molecule has 0 fully saturated rings. The molecule has 1 heterocycles. The predicted octanol–water partition coefficient (Wildman–Crippen LogP) is 2.92. The summed E-state index contributed by atoms with van der Waals surface area (Å²) in [7, 11) is -3.89. The van der Waals surface area contributed by atoms with E-state index < -0.39 is 28.7 Å². The topological polar surface area (TPSA) is 84.9 Å². The lowest BCUT2D eigenvalue weighted by atomic mass is 10.2. The number of nitrogens with zero attached hydrogens (tertiary/aromatic N) is 1. The third-order valence-electron chi connectivity index (χ3n) is 4.35. The van der Waals surface area contributed by atoms with Crippen molar-refractivity contribution in [2.24, 2.45) is 0 Å². The van der Waals surface area contributed by atoms with E-state index >= 15 is 0 Å². The van der Waals surface area contributed by atoms with Crippen molar-refractivity contribution < 1.29 is 35.9 Å². The maximum Gasteiger partial charge on any atom is 0.405 e. The van der Waals surface area contributed by atoms with Gasteiger partial charge in [0.05, 0.1) is 4.90 Å². The number of amides is 1. The number of sulfonamides is 1. The Hall–Kier alpha value is -2.79. The van der Waals surface area contributed by atoms with Crippen LogP contribution in [0.25, 0.3) is 0 Å².